The summed E-state index contributed by atoms with van der Waals surface area (Å²) in [6, 6.07) is 0.823. The Kier molecular flexibility index (Phi) is 4.26. The maximum absolute atomic E-state index is 2.75. The van der Waals surface area contributed by atoms with Gasteiger partial charge in [-0.1, -0.05) is 6.92 Å². The molecule has 0 radical (unpaired) electrons. The van der Waals surface area contributed by atoms with Crippen molar-refractivity contribution < 1.29 is 0 Å². The predicted octanol–water partition coefficient (Wildman–Crippen LogP) is 2.45. The summed E-state index contributed by atoms with van der Waals surface area (Å²) in [7, 11) is 2.25. The monoisotopic (exact) mass is 224 g/mol. The van der Waals surface area contributed by atoms with E-state index < -0.39 is 0 Å². The molecule has 94 valence electrons. The van der Waals surface area contributed by atoms with E-state index in [1.807, 2.05) is 0 Å². The molecule has 2 atom stereocenters. The van der Waals surface area contributed by atoms with Crippen LogP contribution in [0.2, 0.25) is 0 Å². The molecule has 2 nitrogen and oxygen atoms in total. The first-order chi connectivity index (χ1) is 7.65. The van der Waals surface area contributed by atoms with Crippen molar-refractivity contribution in [2.45, 2.75) is 45.6 Å². The first-order valence-electron chi connectivity index (χ1n) is 7.07. The average molecular weight is 224 g/mol. The van der Waals surface area contributed by atoms with E-state index in [1.165, 1.54) is 51.9 Å². The van der Waals surface area contributed by atoms with Crippen LogP contribution in [0.5, 0.6) is 0 Å². The average Bonchev–Trinajstić information content (AvgIpc) is 2.25. The molecule has 0 N–H and O–H groups in total. The number of likely N-dealkylation sites (tertiary alicyclic amines) is 2. The fourth-order valence-electron chi connectivity index (χ4n) is 3.30. The van der Waals surface area contributed by atoms with Gasteiger partial charge < -0.3 is 9.80 Å². The van der Waals surface area contributed by atoms with Gasteiger partial charge in [-0.15, -0.1) is 0 Å². The van der Waals surface area contributed by atoms with E-state index in [2.05, 4.69) is 30.7 Å². The summed E-state index contributed by atoms with van der Waals surface area (Å²) in [6.07, 6.45) is 5.65. The van der Waals surface area contributed by atoms with Gasteiger partial charge in [0.1, 0.15) is 0 Å². The molecule has 16 heavy (non-hydrogen) atoms. The number of hydrogen-bond donors (Lipinski definition) is 0. The van der Waals surface area contributed by atoms with Gasteiger partial charge in [-0.3, -0.25) is 0 Å². The summed E-state index contributed by atoms with van der Waals surface area (Å²) < 4.78 is 0. The fraction of sp³-hybridized carbons (Fsp3) is 1.00. The molecular formula is C14H28N2. The summed E-state index contributed by atoms with van der Waals surface area (Å²) in [5, 5.41) is 0. The van der Waals surface area contributed by atoms with Crippen molar-refractivity contribution in [3.8, 4) is 0 Å². The van der Waals surface area contributed by atoms with Crippen LogP contribution in [0.4, 0.5) is 0 Å². The van der Waals surface area contributed by atoms with Gasteiger partial charge >= 0.3 is 0 Å². The molecule has 0 spiro atoms. The number of rotatable bonds is 2. The lowest BCUT2D eigenvalue weighted by Gasteiger charge is -2.40. The zero-order valence-electron chi connectivity index (χ0n) is 11.3. The van der Waals surface area contributed by atoms with Crippen molar-refractivity contribution in [3.63, 3.8) is 0 Å². The van der Waals surface area contributed by atoms with E-state index in [1.54, 1.807) is 0 Å². The van der Waals surface area contributed by atoms with Crippen LogP contribution < -0.4 is 0 Å². The third-order valence-electron chi connectivity index (χ3n) is 4.61. The zero-order valence-corrected chi connectivity index (χ0v) is 11.3. The molecule has 2 heterocycles. The molecule has 0 aliphatic carbocycles. The maximum Gasteiger partial charge on any atom is 0.00695 e. The summed E-state index contributed by atoms with van der Waals surface area (Å²) in [6.45, 7) is 10.1. The fourth-order valence-corrected chi connectivity index (χ4v) is 3.30. The van der Waals surface area contributed by atoms with Crippen LogP contribution in [-0.4, -0.2) is 49.1 Å². The lowest BCUT2D eigenvalue weighted by molar-refractivity contribution is 0.0894. The molecule has 0 aromatic carbocycles. The Labute approximate surface area is 101 Å². The Hall–Kier alpha value is -0.0800. The van der Waals surface area contributed by atoms with E-state index in [0.717, 1.165) is 17.9 Å². The van der Waals surface area contributed by atoms with Crippen molar-refractivity contribution in [1.29, 1.82) is 0 Å². The number of piperidine rings is 2. The highest BCUT2D eigenvalue weighted by molar-refractivity contribution is 4.80. The van der Waals surface area contributed by atoms with E-state index in [0.29, 0.717) is 0 Å². The summed E-state index contributed by atoms with van der Waals surface area (Å²) in [4.78, 5) is 5.22. The summed E-state index contributed by atoms with van der Waals surface area (Å²) >= 11 is 0. The number of hydrogen-bond acceptors (Lipinski definition) is 2. The van der Waals surface area contributed by atoms with Crippen molar-refractivity contribution in [2.75, 3.05) is 33.2 Å². The molecule has 2 fully saturated rings. The highest BCUT2D eigenvalue weighted by Gasteiger charge is 2.26. The van der Waals surface area contributed by atoms with Crippen molar-refractivity contribution in [2.24, 2.45) is 11.8 Å². The normalized spacial score (nSPS) is 35.4. The van der Waals surface area contributed by atoms with E-state index in [9.17, 15) is 0 Å². The van der Waals surface area contributed by atoms with Gasteiger partial charge in [0.15, 0.2) is 0 Å². The minimum Gasteiger partial charge on any atom is -0.306 e. The Morgan fingerprint density at radius 3 is 2.31 bits per heavy atom. The molecule has 2 aliphatic rings. The molecule has 2 aliphatic heterocycles. The quantitative estimate of drug-likeness (QED) is 0.711. The molecular weight excluding hydrogens is 196 g/mol. The largest absolute Gasteiger partial charge is 0.306 e. The highest BCUT2D eigenvalue weighted by atomic mass is 15.2. The Morgan fingerprint density at radius 1 is 1.00 bits per heavy atom. The number of nitrogens with zero attached hydrogens (tertiary/aromatic N) is 2. The minimum absolute atomic E-state index is 0.823. The van der Waals surface area contributed by atoms with Gasteiger partial charge in [-0.2, -0.15) is 0 Å². The molecule has 2 heteroatoms. The first-order valence-corrected chi connectivity index (χ1v) is 7.07. The van der Waals surface area contributed by atoms with Crippen LogP contribution in [0, 0.1) is 11.8 Å². The van der Waals surface area contributed by atoms with Crippen LogP contribution in [0.15, 0.2) is 0 Å². The highest BCUT2D eigenvalue weighted by Crippen LogP contribution is 2.25. The van der Waals surface area contributed by atoms with Gasteiger partial charge in [0.25, 0.3) is 0 Å². The van der Waals surface area contributed by atoms with E-state index in [4.69, 9.17) is 0 Å². The predicted molar refractivity (Wildman–Crippen MR) is 69.7 cm³/mol. The van der Waals surface area contributed by atoms with Gasteiger partial charge in [-0.25, -0.2) is 0 Å². The van der Waals surface area contributed by atoms with Crippen LogP contribution in [0.3, 0.4) is 0 Å². The second-order valence-corrected chi connectivity index (χ2v) is 6.22. The lowest BCUT2D eigenvalue weighted by atomic mass is 9.90. The van der Waals surface area contributed by atoms with Crippen LogP contribution in [-0.2, 0) is 0 Å². The minimum atomic E-state index is 0.823. The van der Waals surface area contributed by atoms with E-state index >= 15 is 0 Å². The van der Waals surface area contributed by atoms with Crippen LogP contribution >= 0.6 is 0 Å². The molecule has 0 saturated carbocycles. The van der Waals surface area contributed by atoms with Crippen LogP contribution in [0.1, 0.15) is 39.5 Å². The Bertz CT molecular complexity index is 209. The molecule has 0 bridgehead atoms. The summed E-state index contributed by atoms with van der Waals surface area (Å²) in [5.74, 6) is 1.91. The second kappa shape index (κ2) is 5.50. The van der Waals surface area contributed by atoms with Crippen molar-refractivity contribution in [1.82, 2.24) is 9.80 Å². The third kappa shape index (κ3) is 3.21. The standard InChI is InChI=1S/C14H28N2/c1-12-4-9-16(13(2)10-12)11-14-5-7-15(3)8-6-14/h12-14H,4-11H2,1-3H3. The zero-order chi connectivity index (χ0) is 11.5. The first kappa shape index (κ1) is 12.4. The smallest absolute Gasteiger partial charge is 0.00695 e. The molecule has 0 aromatic rings. The van der Waals surface area contributed by atoms with E-state index in [-0.39, 0.29) is 0 Å². The maximum atomic E-state index is 2.75. The van der Waals surface area contributed by atoms with Crippen molar-refractivity contribution >= 4 is 0 Å². The van der Waals surface area contributed by atoms with Gasteiger partial charge in [0, 0.05) is 12.6 Å². The molecule has 0 amide bonds. The van der Waals surface area contributed by atoms with Crippen molar-refractivity contribution in [3.05, 3.63) is 0 Å². The van der Waals surface area contributed by atoms with Gasteiger partial charge in [0.2, 0.25) is 0 Å². The third-order valence-corrected chi connectivity index (χ3v) is 4.61. The molecule has 0 aromatic heterocycles. The van der Waals surface area contributed by atoms with Gasteiger partial charge in [-0.05, 0) is 71.1 Å². The Balaban J connectivity index is 1.76. The van der Waals surface area contributed by atoms with Gasteiger partial charge in [0.05, 0.1) is 0 Å². The molecule has 2 saturated heterocycles. The second-order valence-electron chi connectivity index (χ2n) is 6.22. The summed E-state index contributed by atoms with van der Waals surface area (Å²) in [5.41, 5.74) is 0. The topological polar surface area (TPSA) is 6.48 Å². The molecule has 2 unspecified atom stereocenters. The Morgan fingerprint density at radius 2 is 1.69 bits per heavy atom. The SMILES string of the molecule is CC1CCN(CC2CCN(C)CC2)C(C)C1. The molecule has 2 rings (SSSR count). The van der Waals surface area contributed by atoms with Crippen LogP contribution in [0.25, 0.3) is 0 Å². The lowest BCUT2D eigenvalue weighted by Crippen LogP contribution is -2.44.